The minimum absolute atomic E-state index is 1.08. The maximum absolute atomic E-state index is 2.39. The third kappa shape index (κ3) is 15.3. The van der Waals surface area contributed by atoms with Crippen molar-refractivity contribution in [2.45, 2.75) is 27.7 Å². The molecule has 5 aromatic heterocycles. The summed E-state index contributed by atoms with van der Waals surface area (Å²) < 4.78 is 11.9. The Hall–Kier alpha value is -18.6. The fraction of sp³-hybridized carbons (Fsp3) is 0.0294. The maximum Gasteiger partial charge on any atom is 0.0541 e. The van der Waals surface area contributed by atoms with Crippen molar-refractivity contribution >= 4 is 143 Å². The SMILES string of the molecule is Cc1ccc2c(c1)c1cc(C)ccc1n2-c1ccc(-c2ccc(N(c3ccc(-c4ccccc4)cc3)c3ccc(-c4ccc(-n5c6ccc(C)cc6c6cc(C)ccc65)cc4)cc3)cc2)cc1.c1ccc2c(c1)c1ccccc1n2-c1ccc(-c2ccc(N(c3ccc(-c4ccc(-n5c6ccccc6c6ccccc65)cc4)cc3)c3ccc(-c4ccc(-n5c6ccccc6c6ccccc65)cc4)cc3)cc2)cc1. The normalized spacial score (nSPS) is 11.6. The molecule has 676 valence electrons. The molecule has 27 rings (SSSR count). The second-order valence-corrected chi connectivity index (χ2v) is 37.9. The van der Waals surface area contributed by atoms with Gasteiger partial charge in [0.25, 0.3) is 0 Å². The van der Waals surface area contributed by atoms with Gasteiger partial charge in [-0.3, -0.25) is 0 Å². The lowest BCUT2D eigenvalue weighted by Crippen LogP contribution is -2.09. The number of anilines is 6. The number of benzene rings is 22. The molecule has 143 heavy (non-hydrogen) atoms. The highest BCUT2D eigenvalue weighted by Crippen LogP contribution is 2.46. The minimum Gasteiger partial charge on any atom is -0.311 e. The summed E-state index contributed by atoms with van der Waals surface area (Å²) in [5.41, 5.74) is 43.7. The van der Waals surface area contributed by atoms with Crippen LogP contribution in [0.15, 0.2) is 516 Å². The van der Waals surface area contributed by atoms with E-state index in [2.05, 4.69) is 576 Å². The van der Waals surface area contributed by atoms with Crippen molar-refractivity contribution < 1.29 is 0 Å². The number of fused-ring (bicyclic) bond motifs is 15. The highest BCUT2D eigenvalue weighted by Gasteiger charge is 2.23. The number of hydrogen-bond donors (Lipinski definition) is 0. The van der Waals surface area contributed by atoms with E-state index in [1.54, 1.807) is 0 Å². The Morgan fingerprint density at radius 2 is 0.259 bits per heavy atom. The van der Waals surface area contributed by atoms with Crippen molar-refractivity contribution in [3.05, 3.63) is 538 Å². The van der Waals surface area contributed by atoms with Gasteiger partial charge < -0.3 is 32.6 Å². The Morgan fingerprint density at radius 1 is 0.119 bits per heavy atom. The Morgan fingerprint density at radius 3 is 0.434 bits per heavy atom. The Kier molecular flexibility index (Phi) is 21.1. The van der Waals surface area contributed by atoms with Crippen LogP contribution in [0.5, 0.6) is 0 Å². The van der Waals surface area contributed by atoms with E-state index in [-0.39, 0.29) is 0 Å². The van der Waals surface area contributed by atoms with Crippen molar-refractivity contribution in [3.8, 4) is 95.2 Å². The fourth-order valence-corrected chi connectivity index (χ4v) is 22.0. The lowest BCUT2D eigenvalue weighted by Gasteiger charge is -2.26. The average molecular weight is 1830 g/mol. The van der Waals surface area contributed by atoms with E-state index >= 15 is 0 Å². The van der Waals surface area contributed by atoms with Gasteiger partial charge >= 0.3 is 0 Å². The molecule has 0 amide bonds. The fourth-order valence-electron chi connectivity index (χ4n) is 22.0. The standard InChI is InChI=1S/C72H48N4.C64H49N3/c1-7-19-67-61(13-1)62-14-2-8-20-68(62)74(67)58-43-31-52(32-44-58)49-25-37-55(38-26-49)73(56-39-27-50(28-40-56)53-33-45-59(46-34-53)75-69-21-9-3-15-63(69)64-16-4-10-22-70(64)75)57-41-29-51(30-42-57)54-35-47-60(48-36-54)76-71-23-11-5-17-65(71)66-18-6-12-24-72(66)76;1-42-10-34-61-57(38-42)58-39-43(2)11-35-62(58)66(61)55-30-20-50(21-31-55)48-16-26-53(27-17-48)65(52-24-14-47(15-25-52)46-8-6-5-7-9-46)54-28-18-49(19-29-54)51-22-32-56(33-23-51)67-63-36-12-44(3)40-59(63)60-41-45(4)13-37-64(60)67/h1-48H;5-41H,1-4H3. The van der Waals surface area contributed by atoms with Crippen molar-refractivity contribution in [2.75, 3.05) is 9.80 Å². The first-order chi connectivity index (χ1) is 70.5. The van der Waals surface area contributed by atoms with E-state index in [9.17, 15) is 0 Å². The third-order valence-electron chi connectivity index (χ3n) is 29.0. The molecule has 0 bridgehead atoms. The summed E-state index contributed by atoms with van der Waals surface area (Å²) in [4.78, 5) is 4.71. The van der Waals surface area contributed by atoms with Crippen LogP contribution in [0.1, 0.15) is 22.3 Å². The Balaban J connectivity index is 0.000000147. The van der Waals surface area contributed by atoms with Crippen LogP contribution in [0.4, 0.5) is 34.1 Å². The van der Waals surface area contributed by atoms with Gasteiger partial charge in [0, 0.05) is 116 Å². The second kappa shape index (κ2) is 35.5. The van der Waals surface area contributed by atoms with Gasteiger partial charge in [-0.25, -0.2) is 0 Å². The van der Waals surface area contributed by atoms with E-state index < -0.39 is 0 Å². The second-order valence-electron chi connectivity index (χ2n) is 37.9. The molecular weight excluding hydrogens is 1730 g/mol. The average Bonchev–Trinajstić information content (AvgIpc) is 1.65. The predicted octanol–water partition coefficient (Wildman–Crippen LogP) is 37.0. The summed E-state index contributed by atoms with van der Waals surface area (Å²) in [6.45, 7) is 8.68. The van der Waals surface area contributed by atoms with Gasteiger partial charge in [-0.2, -0.15) is 0 Å². The smallest absolute Gasteiger partial charge is 0.0541 e. The van der Waals surface area contributed by atoms with E-state index in [0.29, 0.717) is 0 Å². The molecule has 0 saturated carbocycles. The van der Waals surface area contributed by atoms with E-state index in [1.807, 2.05) is 0 Å². The highest BCUT2D eigenvalue weighted by molar-refractivity contribution is 6.14. The molecule has 0 spiro atoms. The maximum atomic E-state index is 2.39. The zero-order valence-electron chi connectivity index (χ0n) is 79.7. The first-order valence-corrected chi connectivity index (χ1v) is 49.3. The van der Waals surface area contributed by atoms with E-state index in [4.69, 9.17) is 0 Å². The summed E-state index contributed by atoms with van der Waals surface area (Å²) in [5.74, 6) is 0. The van der Waals surface area contributed by atoms with Gasteiger partial charge in [0.05, 0.1) is 55.2 Å². The first kappa shape index (κ1) is 84.9. The molecule has 0 aliphatic rings. The lowest BCUT2D eigenvalue weighted by atomic mass is 10.0. The van der Waals surface area contributed by atoms with Crippen LogP contribution in [0.3, 0.4) is 0 Å². The van der Waals surface area contributed by atoms with Gasteiger partial charge in [0.1, 0.15) is 0 Å². The number of para-hydroxylation sites is 6. The third-order valence-corrected chi connectivity index (χ3v) is 29.0. The number of nitrogens with zero attached hydrogens (tertiary/aromatic N) is 7. The van der Waals surface area contributed by atoms with Crippen LogP contribution in [-0.4, -0.2) is 22.8 Å². The molecule has 0 N–H and O–H groups in total. The van der Waals surface area contributed by atoms with Crippen LogP contribution in [-0.2, 0) is 0 Å². The molecule has 0 aliphatic carbocycles. The summed E-state index contributed by atoms with van der Waals surface area (Å²) in [7, 11) is 0. The zero-order valence-corrected chi connectivity index (χ0v) is 79.7. The molecule has 0 atom stereocenters. The van der Waals surface area contributed by atoms with Gasteiger partial charge in [-0.15, -0.1) is 0 Å². The van der Waals surface area contributed by atoms with Crippen molar-refractivity contribution in [2.24, 2.45) is 0 Å². The molecule has 22 aromatic carbocycles. The molecule has 0 radical (unpaired) electrons. The summed E-state index contributed by atoms with van der Waals surface area (Å²) in [5, 5.41) is 12.8. The predicted molar refractivity (Wildman–Crippen MR) is 606 cm³/mol. The molecule has 0 saturated heterocycles. The van der Waals surface area contributed by atoms with Gasteiger partial charge in [-0.05, 0) is 313 Å². The van der Waals surface area contributed by atoms with Gasteiger partial charge in [0.15, 0.2) is 0 Å². The van der Waals surface area contributed by atoms with Gasteiger partial charge in [-0.1, -0.05) is 320 Å². The molecule has 7 nitrogen and oxygen atoms in total. The highest BCUT2D eigenvalue weighted by atomic mass is 15.1. The number of hydrogen-bond acceptors (Lipinski definition) is 2. The van der Waals surface area contributed by atoms with Crippen molar-refractivity contribution in [3.63, 3.8) is 0 Å². The first-order valence-electron chi connectivity index (χ1n) is 49.3. The molecule has 5 heterocycles. The van der Waals surface area contributed by atoms with Crippen molar-refractivity contribution in [1.82, 2.24) is 22.8 Å². The van der Waals surface area contributed by atoms with E-state index in [1.165, 1.54) is 181 Å². The molecule has 0 aliphatic heterocycles. The summed E-state index contributed by atoms with van der Waals surface area (Å²) >= 11 is 0. The molecule has 0 fully saturated rings. The van der Waals surface area contributed by atoms with Crippen LogP contribution in [0.2, 0.25) is 0 Å². The van der Waals surface area contributed by atoms with Crippen LogP contribution in [0.25, 0.3) is 204 Å². The van der Waals surface area contributed by atoms with Crippen molar-refractivity contribution in [1.29, 1.82) is 0 Å². The lowest BCUT2D eigenvalue weighted by molar-refractivity contribution is 1.18. The van der Waals surface area contributed by atoms with Crippen LogP contribution in [0, 0.1) is 27.7 Å². The molecule has 0 unspecified atom stereocenters. The Labute approximate surface area is 830 Å². The number of aryl methyl sites for hydroxylation is 4. The molecular formula is C136H97N7. The van der Waals surface area contributed by atoms with E-state index in [0.717, 1.165) is 79.3 Å². The van der Waals surface area contributed by atoms with Gasteiger partial charge in [0.2, 0.25) is 0 Å². The molecule has 27 aromatic rings. The van der Waals surface area contributed by atoms with Crippen LogP contribution >= 0.6 is 0 Å². The Bertz CT molecular complexity index is 8550. The quantitative estimate of drug-likeness (QED) is 0.0910. The number of aromatic nitrogens is 5. The topological polar surface area (TPSA) is 31.1 Å². The largest absolute Gasteiger partial charge is 0.311 e. The monoisotopic (exact) mass is 1830 g/mol. The summed E-state index contributed by atoms with van der Waals surface area (Å²) in [6, 6.07) is 189. The number of rotatable bonds is 17. The zero-order chi connectivity index (χ0) is 95.3. The summed E-state index contributed by atoms with van der Waals surface area (Å²) in [6.07, 6.45) is 0. The molecule has 7 heteroatoms. The minimum atomic E-state index is 1.08. The van der Waals surface area contributed by atoms with Crippen LogP contribution < -0.4 is 9.80 Å².